The van der Waals surface area contributed by atoms with Crippen LogP contribution in [0.5, 0.6) is 11.5 Å². The van der Waals surface area contributed by atoms with Crippen molar-refractivity contribution in [3.8, 4) is 11.5 Å². The largest absolute Gasteiger partial charge is 0.504 e. The number of aromatic amines is 1. The lowest BCUT2D eigenvalue weighted by molar-refractivity contribution is 0.373. The summed E-state index contributed by atoms with van der Waals surface area (Å²) >= 11 is 0. The van der Waals surface area contributed by atoms with Crippen LogP contribution in [-0.4, -0.2) is 22.4 Å². The molecule has 0 aliphatic heterocycles. The Bertz CT molecular complexity index is 530. The molecule has 1 aromatic carbocycles. The van der Waals surface area contributed by atoms with E-state index in [4.69, 9.17) is 4.74 Å². The van der Waals surface area contributed by atoms with Crippen molar-refractivity contribution in [2.75, 3.05) is 12.4 Å². The second-order valence-corrected chi connectivity index (χ2v) is 4.17. The van der Waals surface area contributed by atoms with E-state index in [1.165, 1.54) is 7.11 Å². The Kier molecular flexibility index (Phi) is 3.41. The molecule has 1 heterocycles. The first-order valence-electron chi connectivity index (χ1n) is 5.73. The number of aryl methyl sites for hydroxylation is 2. The fourth-order valence-electron chi connectivity index (χ4n) is 1.83. The van der Waals surface area contributed by atoms with Crippen LogP contribution in [0, 0.1) is 13.8 Å². The highest BCUT2D eigenvalue weighted by molar-refractivity contribution is 5.52. The number of aromatic nitrogens is 2. The number of hydrogen-bond acceptors (Lipinski definition) is 4. The van der Waals surface area contributed by atoms with Gasteiger partial charge in [0.15, 0.2) is 11.5 Å². The summed E-state index contributed by atoms with van der Waals surface area (Å²) in [6.45, 7) is 4.57. The first-order valence-corrected chi connectivity index (χ1v) is 5.73. The molecule has 0 fully saturated rings. The van der Waals surface area contributed by atoms with Gasteiger partial charge in [-0.1, -0.05) is 6.07 Å². The molecule has 1 aromatic heterocycles. The minimum atomic E-state index is 0.150. The summed E-state index contributed by atoms with van der Waals surface area (Å²) < 4.78 is 5.07. The Morgan fingerprint density at radius 2 is 2.17 bits per heavy atom. The molecule has 3 N–H and O–H groups in total. The van der Waals surface area contributed by atoms with Crippen molar-refractivity contribution in [2.24, 2.45) is 0 Å². The van der Waals surface area contributed by atoms with E-state index in [-0.39, 0.29) is 5.75 Å². The molecule has 0 spiro atoms. The molecular weight excluding hydrogens is 230 g/mol. The van der Waals surface area contributed by atoms with Gasteiger partial charge in [-0.2, -0.15) is 5.10 Å². The van der Waals surface area contributed by atoms with Crippen LogP contribution in [0.2, 0.25) is 0 Å². The van der Waals surface area contributed by atoms with E-state index in [2.05, 4.69) is 15.5 Å². The summed E-state index contributed by atoms with van der Waals surface area (Å²) in [6, 6.07) is 5.30. The van der Waals surface area contributed by atoms with Crippen LogP contribution in [0.1, 0.15) is 17.0 Å². The molecule has 2 rings (SSSR count). The average Bonchev–Trinajstić information content (AvgIpc) is 2.68. The van der Waals surface area contributed by atoms with Crippen LogP contribution in [0.4, 0.5) is 5.69 Å². The Morgan fingerprint density at radius 1 is 1.39 bits per heavy atom. The third-order valence-corrected chi connectivity index (χ3v) is 2.84. The quantitative estimate of drug-likeness (QED) is 0.775. The number of ether oxygens (including phenoxy) is 1. The van der Waals surface area contributed by atoms with E-state index in [0.717, 1.165) is 22.6 Å². The zero-order valence-electron chi connectivity index (χ0n) is 10.7. The van der Waals surface area contributed by atoms with Gasteiger partial charge in [0.05, 0.1) is 24.2 Å². The van der Waals surface area contributed by atoms with Crippen molar-refractivity contribution in [1.82, 2.24) is 10.2 Å². The van der Waals surface area contributed by atoms with Gasteiger partial charge < -0.3 is 15.2 Å². The molecule has 96 valence electrons. The van der Waals surface area contributed by atoms with Gasteiger partial charge in [0.2, 0.25) is 0 Å². The summed E-state index contributed by atoms with van der Waals surface area (Å²) in [4.78, 5) is 0. The number of methoxy groups -OCH3 is 1. The molecule has 0 radical (unpaired) electrons. The van der Waals surface area contributed by atoms with Crippen LogP contribution < -0.4 is 10.1 Å². The maximum Gasteiger partial charge on any atom is 0.160 e. The number of H-pyrrole nitrogens is 1. The summed E-state index contributed by atoms with van der Waals surface area (Å²) in [5.41, 5.74) is 4.00. The van der Waals surface area contributed by atoms with Gasteiger partial charge in [-0.05, 0) is 31.5 Å². The van der Waals surface area contributed by atoms with E-state index >= 15 is 0 Å². The van der Waals surface area contributed by atoms with Gasteiger partial charge in [0.25, 0.3) is 0 Å². The predicted octanol–water partition coefficient (Wildman–Crippen LogP) is 2.35. The molecule has 2 aromatic rings. The SMILES string of the molecule is COc1cc(CNc2c(C)n[nH]c2C)ccc1O. The molecule has 0 saturated heterocycles. The predicted molar refractivity (Wildman–Crippen MR) is 70.0 cm³/mol. The second-order valence-electron chi connectivity index (χ2n) is 4.17. The fraction of sp³-hybridized carbons (Fsp3) is 0.308. The lowest BCUT2D eigenvalue weighted by Crippen LogP contribution is -2.01. The van der Waals surface area contributed by atoms with Crippen LogP contribution in [0.3, 0.4) is 0 Å². The van der Waals surface area contributed by atoms with Gasteiger partial charge in [-0.25, -0.2) is 0 Å². The van der Waals surface area contributed by atoms with Crippen molar-refractivity contribution in [3.05, 3.63) is 35.2 Å². The third-order valence-electron chi connectivity index (χ3n) is 2.84. The third kappa shape index (κ3) is 2.40. The number of hydrogen-bond donors (Lipinski definition) is 3. The lowest BCUT2D eigenvalue weighted by atomic mass is 10.2. The van der Waals surface area contributed by atoms with Gasteiger partial charge in [-0.3, -0.25) is 5.10 Å². The van der Waals surface area contributed by atoms with Crippen molar-refractivity contribution >= 4 is 5.69 Å². The Morgan fingerprint density at radius 3 is 2.78 bits per heavy atom. The summed E-state index contributed by atoms with van der Waals surface area (Å²) in [5, 5.41) is 19.9. The molecule has 5 heteroatoms. The fourth-order valence-corrected chi connectivity index (χ4v) is 1.83. The van der Waals surface area contributed by atoms with Gasteiger partial charge in [-0.15, -0.1) is 0 Å². The molecule has 0 aliphatic carbocycles. The zero-order chi connectivity index (χ0) is 13.1. The van der Waals surface area contributed by atoms with E-state index < -0.39 is 0 Å². The zero-order valence-corrected chi connectivity index (χ0v) is 10.7. The second kappa shape index (κ2) is 5.00. The van der Waals surface area contributed by atoms with Gasteiger partial charge in [0.1, 0.15) is 0 Å². The van der Waals surface area contributed by atoms with Crippen LogP contribution in [-0.2, 0) is 6.54 Å². The average molecular weight is 247 g/mol. The van der Waals surface area contributed by atoms with E-state index in [1.807, 2.05) is 26.0 Å². The monoisotopic (exact) mass is 247 g/mol. The number of anilines is 1. The molecule has 0 atom stereocenters. The number of benzene rings is 1. The molecule has 0 unspecified atom stereocenters. The van der Waals surface area contributed by atoms with E-state index in [0.29, 0.717) is 12.3 Å². The summed E-state index contributed by atoms with van der Waals surface area (Å²) in [6.07, 6.45) is 0. The Hall–Kier alpha value is -2.17. The lowest BCUT2D eigenvalue weighted by Gasteiger charge is -2.09. The number of rotatable bonds is 4. The summed E-state index contributed by atoms with van der Waals surface area (Å²) in [5.74, 6) is 0.631. The minimum Gasteiger partial charge on any atom is -0.504 e. The van der Waals surface area contributed by atoms with Crippen LogP contribution in [0.25, 0.3) is 0 Å². The van der Waals surface area contributed by atoms with Crippen molar-refractivity contribution in [3.63, 3.8) is 0 Å². The molecule has 0 bridgehead atoms. The highest BCUT2D eigenvalue weighted by Crippen LogP contribution is 2.27. The Labute approximate surface area is 106 Å². The highest BCUT2D eigenvalue weighted by Gasteiger charge is 2.07. The Balaban J connectivity index is 2.11. The molecule has 0 aliphatic rings. The van der Waals surface area contributed by atoms with Crippen molar-refractivity contribution < 1.29 is 9.84 Å². The maximum atomic E-state index is 9.51. The first-order chi connectivity index (χ1) is 8.61. The standard InChI is InChI=1S/C13H17N3O2/c1-8-13(9(2)16-15-8)14-7-10-4-5-11(17)12(6-10)18-3/h4-6,14,17H,7H2,1-3H3,(H,15,16). The number of nitrogens with zero attached hydrogens (tertiary/aromatic N) is 1. The van der Waals surface area contributed by atoms with Crippen molar-refractivity contribution in [1.29, 1.82) is 0 Å². The number of nitrogens with one attached hydrogen (secondary N) is 2. The van der Waals surface area contributed by atoms with Gasteiger partial charge in [0, 0.05) is 6.54 Å². The molecular formula is C13H17N3O2. The van der Waals surface area contributed by atoms with Crippen LogP contribution >= 0.6 is 0 Å². The van der Waals surface area contributed by atoms with E-state index in [9.17, 15) is 5.11 Å². The number of aromatic hydroxyl groups is 1. The molecule has 5 nitrogen and oxygen atoms in total. The minimum absolute atomic E-state index is 0.150. The molecule has 0 saturated carbocycles. The van der Waals surface area contributed by atoms with E-state index in [1.54, 1.807) is 6.07 Å². The van der Waals surface area contributed by atoms with Gasteiger partial charge >= 0.3 is 0 Å². The molecule has 0 amide bonds. The van der Waals surface area contributed by atoms with Crippen LogP contribution in [0.15, 0.2) is 18.2 Å². The van der Waals surface area contributed by atoms with Crippen molar-refractivity contribution in [2.45, 2.75) is 20.4 Å². The first kappa shape index (κ1) is 12.3. The smallest absolute Gasteiger partial charge is 0.160 e. The normalized spacial score (nSPS) is 10.4. The summed E-state index contributed by atoms with van der Waals surface area (Å²) in [7, 11) is 1.54. The number of phenols is 1. The topological polar surface area (TPSA) is 70.2 Å². The number of phenolic OH excluding ortho intramolecular Hbond substituents is 1. The highest BCUT2D eigenvalue weighted by atomic mass is 16.5. The maximum absolute atomic E-state index is 9.51. The molecule has 18 heavy (non-hydrogen) atoms.